The molecule has 2 aromatic heterocycles. The summed E-state index contributed by atoms with van der Waals surface area (Å²) in [6, 6.07) is 0. The number of imidazole rings is 1. The van der Waals surface area contributed by atoms with E-state index < -0.39 is 0 Å². The van der Waals surface area contributed by atoms with Crippen molar-refractivity contribution in [3.8, 4) is 0 Å². The molecule has 5 heteroatoms. The molecule has 2 N–H and O–H groups in total. The van der Waals surface area contributed by atoms with E-state index in [0.29, 0.717) is 5.92 Å². The van der Waals surface area contributed by atoms with Gasteiger partial charge in [-0.1, -0.05) is 38.0 Å². The number of aromatic nitrogens is 3. The molecule has 0 aromatic carbocycles. The summed E-state index contributed by atoms with van der Waals surface area (Å²) in [4.78, 5) is 12.6. The molecule has 1 aliphatic carbocycles. The highest BCUT2D eigenvalue weighted by Gasteiger charge is 2.60. The van der Waals surface area contributed by atoms with Crippen LogP contribution in [0, 0.1) is 10.8 Å². The molecule has 2 aromatic rings. The fourth-order valence-electron chi connectivity index (χ4n) is 5.57. The molecule has 2 unspecified atom stereocenters. The Morgan fingerprint density at radius 1 is 1.22 bits per heavy atom. The Morgan fingerprint density at radius 3 is 2.53 bits per heavy atom. The average Bonchev–Trinajstić information content (AvgIpc) is 3.06. The molecule has 174 valence electrons. The molecule has 3 heterocycles. The Morgan fingerprint density at radius 2 is 1.91 bits per heavy atom. The van der Waals surface area contributed by atoms with Crippen molar-refractivity contribution in [2.24, 2.45) is 16.6 Å². The van der Waals surface area contributed by atoms with Crippen LogP contribution < -0.4 is 10.6 Å². The first kappa shape index (κ1) is 22.9. The first-order valence-electron chi connectivity index (χ1n) is 12.2. The van der Waals surface area contributed by atoms with E-state index in [2.05, 4.69) is 70.0 Å². The third-order valence-corrected chi connectivity index (χ3v) is 7.98. The van der Waals surface area contributed by atoms with E-state index >= 15 is 0 Å². The van der Waals surface area contributed by atoms with Crippen LogP contribution in [0.4, 0.5) is 5.82 Å². The zero-order chi connectivity index (χ0) is 23.3. The van der Waals surface area contributed by atoms with Crippen molar-refractivity contribution in [1.29, 1.82) is 0 Å². The summed E-state index contributed by atoms with van der Waals surface area (Å²) >= 11 is 0. The van der Waals surface area contributed by atoms with E-state index in [9.17, 15) is 0 Å². The van der Waals surface area contributed by atoms with E-state index in [-0.39, 0.29) is 10.8 Å². The molecule has 1 saturated carbocycles. The van der Waals surface area contributed by atoms with Gasteiger partial charge in [-0.2, -0.15) is 0 Å². The maximum atomic E-state index is 6.29. The van der Waals surface area contributed by atoms with Gasteiger partial charge in [-0.25, -0.2) is 4.98 Å². The Hall–Kier alpha value is -2.30. The molecule has 0 amide bonds. The molecule has 1 aliphatic heterocycles. The van der Waals surface area contributed by atoms with Gasteiger partial charge in [0.15, 0.2) is 5.65 Å². The topological polar surface area (TPSA) is 59.5 Å². The summed E-state index contributed by atoms with van der Waals surface area (Å²) in [7, 11) is 0. The second-order valence-corrected chi connectivity index (χ2v) is 11.2. The molecular formula is C27H41N5. The van der Waals surface area contributed by atoms with Gasteiger partial charge in [0.2, 0.25) is 0 Å². The lowest BCUT2D eigenvalue weighted by Crippen LogP contribution is -2.23. The maximum Gasteiger partial charge on any atom is 0.160 e. The normalized spacial score (nSPS) is 23.0. The van der Waals surface area contributed by atoms with E-state index in [4.69, 9.17) is 15.7 Å². The minimum Gasteiger partial charge on any atom is -0.402 e. The number of hydrogen-bond donors (Lipinski definition) is 1. The summed E-state index contributed by atoms with van der Waals surface area (Å²) in [5.41, 5.74) is 13.5. The SMILES string of the molecule is CC(C)=CC(C)(C)C1(C)CC1c1nccn2c(N3CCCC3)c(CCC(N)=C(C)C)nc12. The molecule has 1 saturated heterocycles. The Kier molecular flexibility index (Phi) is 5.89. The summed E-state index contributed by atoms with van der Waals surface area (Å²) in [6.45, 7) is 17.9. The molecule has 2 atom stereocenters. The van der Waals surface area contributed by atoms with Crippen molar-refractivity contribution < 1.29 is 0 Å². The molecule has 2 aliphatic rings. The van der Waals surface area contributed by atoms with E-state index in [0.717, 1.165) is 55.1 Å². The first-order chi connectivity index (χ1) is 15.0. The third kappa shape index (κ3) is 3.95. The standard InChI is InChI=1S/C27H41N5/c1-18(2)16-26(5,6)27(7)17-20(27)23-24-30-22(11-10-21(28)19(3)4)25(31-13-8-9-14-31)32(24)15-12-29-23/h12,15-16,20H,8-11,13-14,17,28H2,1-7H3. The van der Waals surface area contributed by atoms with Gasteiger partial charge in [-0.15, -0.1) is 0 Å². The first-order valence-corrected chi connectivity index (χ1v) is 12.2. The smallest absolute Gasteiger partial charge is 0.160 e. The Balaban J connectivity index is 1.76. The third-order valence-electron chi connectivity index (χ3n) is 7.98. The monoisotopic (exact) mass is 435 g/mol. The van der Waals surface area contributed by atoms with Crippen LogP contribution in [0.1, 0.15) is 91.5 Å². The van der Waals surface area contributed by atoms with Crippen molar-refractivity contribution in [3.63, 3.8) is 0 Å². The maximum absolute atomic E-state index is 6.29. The molecule has 4 rings (SSSR count). The molecule has 0 bridgehead atoms. The number of allylic oxidation sites excluding steroid dienone is 4. The molecular weight excluding hydrogens is 394 g/mol. The van der Waals surface area contributed by atoms with Crippen LogP contribution in [-0.4, -0.2) is 27.5 Å². The second-order valence-electron chi connectivity index (χ2n) is 11.2. The summed E-state index contributed by atoms with van der Waals surface area (Å²) in [5, 5.41) is 0. The van der Waals surface area contributed by atoms with Gasteiger partial charge < -0.3 is 10.6 Å². The number of fused-ring (bicyclic) bond motifs is 1. The van der Waals surface area contributed by atoms with Crippen LogP contribution in [0.5, 0.6) is 0 Å². The molecule has 2 fully saturated rings. The predicted octanol–water partition coefficient (Wildman–Crippen LogP) is 6.00. The van der Waals surface area contributed by atoms with Crippen molar-refractivity contribution in [2.45, 2.75) is 86.5 Å². The van der Waals surface area contributed by atoms with Gasteiger partial charge in [0.25, 0.3) is 0 Å². The van der Waals surface area contributed by atoms with Gasteiger partial charge in [0.1, 0.15) is 5.82 Å². The van der Waals surface area contributed by atoms with Crippen LogP contribution in [0.2, 0.25) is 0 Å². The van der Waals surface area contributed by atoms with Gasteiger partial charge in [-0.05, 0) is 70.6 Å². The number of rotatable bonds is 7. The predicted molar refractivity (Wildman–Crippen MR) is 134 cm³/mol. The van der Waals surface area contributed by atoms with Crippen LogP contribution in [0.25, 0.3) is 5.65 Å². The summed E-state index contributed by atoms with van der Waals surface area (Å²) in [5.74, 6) is 1.69. The number of hydrogen-bond acceptors (Lipinski definition) is 4. The minimum atomic E-state index is 0.121. The summed E-state index contributed by atoms with van der Waals surface area (Å²) < 4.78 is 2.31. The fraction of sp³-hybridized carbons (Fsp3) is 0.630. The average molecular weight is 436 g/mol. The highest BCUT2D eigenvalue weighted by Crippen LogP contribution is 2.68. The van der Waals surface area contributed by atoms with E-state index in [1.54, 1.807) is 0 Å². The lowest BCUT2D eigenvalue weighted by atomic mass is 9.74. The van der Waals surface area contributed by atoms with Crippen molar-refractivity contribution in [1.82, 2.24) is 14.4 Å². The number of aryl methyl sites for hydroxylation is 1. The zero-order valence-corrected chi connectivity index (χ0v) is 21.1. The van der Waals surface area contributed by atoms with E-state index in [1.807, 2.05) is 6.20 Å². The molecule has 5 nitrogen and oxygen atoms in total. The highest BCUT2D eigenvalue weighted by molar-refractivity contribution is 5.61. The Labute approximate surface area is 193 Å². The fourth-order valence-corrected chi connectivity index (χ4v) is 5.57. The number of anilines is 1. The number of nitrogens with zero attached hydrogens (tertiary/aromatic N) is 4. The quantitative estimate of drug-likeness (QED) is 0.542. The van der Waals surface area contributed by atoms with Gasteiger partial charge >= 0.3 is 0 Å². The van der Waals surface area contributed by atoms with Crippen LogP contribution in [0.15, 0.2) is 35.3 Å². The van der Waals surface area contributed by atoms with Gasteiger partial charge in [-0.3, -0.25) is 9.38 Å². The van der Waals surface area contributed by atoms with Gasteiger partial charge in [0, 0.05) is 37.1 Å². The summed E-state index contributed by atoms with van der Waals surface area (Å²) in [6.07, 6.45) is 11.9. The minimum absolute atomic E-state index is 0.121. The van der Waals surface area contributed by atoms with Crippen LogP contribution in [0.3, 0.4) is 0 Å². The van der Waals surface area contributed by atoms with Crippen molar-refractivity contribution in [2.75, 3.05) is 18.0 Å². The zero-order valence-electron chi connectivity index (χ0n) is 21.1. The van der Waals surface area contributed by atoms with Crippen molar-refractivity contribution in [3.05, 3.63) is 46.7 Å². The lowest BCUT2D eigenvalue weighted by molar-refractivity contribution is 0.270. The lowest BCUT2D eigenvalue weighted by Gasteiger charge is -2.31. The number of nitrogens with two attached hydrogens (primary N) is 1. The van der Waals surface area contributed by atoms with E-state index in [1.165, 1.54) is 29.8 Å². The Bertz CT molecular complexity index is 1060. The van der Waals surface area contributed by atoms with Crippen LogP contribution >= 0.6 is 0 Å². The van der Waals surface area contributed by atoms with Gasteiger partial charge in [0.05, 0.1) is 11.4 Å². The highest BCUT2D eigenvalue weighted by atomic mass is 15.3. The largest absolute Gasteiger partial charge is 0.402 e. The second kappa shape index (κ2) is 8.24. The molecule has 32 heavy (non-hydrogen) atoms. The molecule has 0 radical (unpaired) electrons. The van der Waals surface area contributed by atoms with Crippen LogP contribution in [-0.2, 0) is 6.42 Å². The molecule has 0 spiro atoms. The van der Waals surface area contributed by atoms with Crippen molar-refractivity contribution >= 4 is 11.5 Å².